The molecule has 0 bridgehead atoms. The zero-order valence-electron chi connectivity index (χ0n) is 13.3. The van der Waals surface area contributed by atoms with Gasteiger partial charge in [-0.3, -0.25) is 4.90 Å². The Morgan fingerprint density at radius 1 is 1.29 bits per heavy atom. The van der Waals surface area contributed by atoms with Crippen LogP contribution in [0.25, 0.3) is 0 Å². The van der Waals surface area contributed by atoms with Crippen molar-refractivity contribution in [2.24, 2.45) is 0 Å². The Morgan fingerprint density at radius 2 is 2.00 bits per heavy atom. The molecule has 1 atom stereocenters. The zero-order valence-corrected chi connectivity index (χ0v) is 14.8. The Hall–Kier alpha value is -0.280. The van der Waals surface area contributed by atoms with Gasteiger partial charge in [0.2, 0.25) is 0 Å². The van der Waals surface area contributed by atoms with Gasteiger partial charge < -0.3 is 5.32 Å². The third kappa shape index (κ3) is 3.92. The van der Waals surface area contributed by atoms with Crippen molar-refractivity contribution in [3.63, 3.8) is 0 Å². The molecule has 1 saturated heterocycles. The molecular formula is C17H26Cl2N2. The van der Waals surface area contributed by atoms with Gasteiger partial charge in [-0.05, 0) is 50.4 Å². The smallest absolute Gasteiger partial charge is 0.0468 e. The third-order valence-corrected chi connectivity index (χ3v) is 5.50. The lowest BCUT2D eigenvalue weighted by Gasteiger charge is -2.38. The summed E-state index contributed by atoms with van der Waals surface area (Å²) in [6.07, 6.45) is 3.49. The molecule has 1 aliphatic heterocycles. The van der Waals surface area contributed by atoms with Gasteiger partial charge in [0.1, 0.15) is 0 Å². The van der Waals surface area contributed by atoms with Crippen LogP contribution in [0.1, 0.15) is 51.6 Å². The normalized spacial score (nSPS) is 21.0. The number of halogens is 2. The van der Waals surface area contributed by atoms with Gasteiger partial charge in [0.25, 0.3) is 0 Å². The van der Waals surface area contributed by atoms with Gasteiger partial charge in [0.15, 0.2) is 0 Å². The maximum absolute atomic E-state index is 6.40. The van der Waals surface area contributed by atoms with E-state index in [2.05, 4.69) is 37.1 Å². The summed E-state index contributed by atoms with van der Waals surface area (Å²) in [4.78, 5) is 2.56. The maximum atomic E-state index is 6.40. The molecule has 0 radical (unpaired) electrons. The summed E-state index contributed by atoms with van der Waals surface area (Å²) in [6, 6.07) is 6.15. The summed E-state index contributed by atoms with van der Waals surface area (Å²) in [5.41, 5.74) is 1.40. The number of rotatable bonds is 4. The predicted octanol–water partition coefficient (Wildman–Crippen LogP) is 4.91. The van der Waals surface area contributed by atoms with Crippen molar-refractivity contribution >= 4 is 23.2 Å². The minimum Gasteiger partial charge on any atom is -0.310 e. The lowest BCUT2D eigenvalue weighted by Crippen LogP contribution is -2.51. The van der Waals surface area contributed by atoms with Crippen molar-refractivity contribution in [3.05, 3.63) is 33.8 Å². The van der Waals surface area contributed by atoms with E-state index in [9.17, 15) is 0 Å². The number of hydrogen-bond donors (Lipinski definition) is 1. The molecule has 0 amide bonds. The van der Waals surface area contributed by atoms with Gasteiger partial charge in [-0.1, -0.05) is 43.1 Å². The number of nitrogens with zero attached hydrogens (tertiary/aromatic N) is 1. The molecule has 0 aromatic heterocycles. The number of hydrogen-bond acceptors (Lipinski definition) is 2. The van der Waals surface area contributed by atoms with Crippen LogP contribution in [-0.4, -0.2) is 30.1 Å². The van der Waals surface area contributed by atoms with Crippen LogP contribution in [0.5, 0.6) is 0 Å². The van der Waals surface area contributed by atoms with Gasteiger partial charge >= 0.3 is 0 Å². The van der Waals surface area contributed by atoms with Crippen molar-refractivity contribution in [1.29, 1.82) is 0 Å². The van der Waals surface area contributed by atoms with Gasteiger partial charge in [0.05, 0.1) is 0 Å². The Bertz CT molecular complexity index is 472. The second kappa shape index (κ2) is 7.32. The topological polar surface area (TPSA) is 15.3 Å². The van der Waals surface area contributed by atoms with Crippen LogP contribution in [0.2, 0.25) is 10.0 Å². The Balaban J connectivity index is 2.22. The molecule has 1 unspecified atom stereocenters. The Kier molecular flexibility index (Phi) is 5.96. The fourth-order valence-corrected chi connectivity index (χ4v) is 3.82. The van der Waals surface area contributed by atoms with Gasteiger partial charge in [-0.25, -0.2) is 0 Å². The molecule has 4 heteroatoms. The molecular weight excluding hydrogens is 303 g/mol. The van der Waals surface area contributed by atoms with E-state index in [4.69, 9.17) is 23.2 Å². The summed E-state index contributed by atoms with van der Waals surface area (Å²) >= 11 is 12.4. The van der Waals surface area contributed by atoms with Crippen molar-refractivity contribution in [1.82, 2.24) is 10.2 Å². The molecule has 118 valence electrons. The summed E-state index contributed by atoms with van der Waals surface area (Å²) in [7, 11) is 0. The van der Waals surface area contributed by atoms with E-state index in [0.29, 0.717) is 11.1 Å². The SMILES string of the molecule is CCC1(CC)CN(C(C)c2ccc(Cl)cc2Cl)CCCN1. The molecule has 1 fully saturated rings. The minimum absolute atomic E-state index is 0.226. The van der Waals surface area contributed by atoms with E-state index in [0.717, 1.165) is 37.5 Å². The molecule has 0 spiro atoms. The standard InChI is InChI=1S/C17H26Cl2N2/c1-4-17(5-2)12-21(10-6-9-20-17)13(3)15-8-7-14(18)11-16(15)19/h7-8,11,13,20H,4-6,9-10,12H2,1-3H3. The van der Waals surface area contributed by atoms with Gasteiger partial charge in [-0.2, -0.15) is 0 Å². The van der Waals surface area contributed by atoms with Crippen molar-refractivity contribution < 1.29 is 0 Å². The molecule has 1 N–H and O–H groups in total. The van der Waals surface area contributed by atoms with E-state index in [1.54, 1.807) is 0 Å². The average Bonchev–Trinajstić information content (AvgIpc) is 2.70. The highest BCUT2D eigenvalue weighted by molar-refractivity contribution is 6.35. The highest BCUT2D eigenvalue weighted by atomic mass is 35.5. The van der Waals surface area contributed by atoms with Crippen LogP contribution < -0.4 is 5.32 Å². The van der Waals surface area contributed by atoms with E-state index >= 15 is 0 Å². The molecule has 1 aromatic rings. The summed E-state index contributed by atoms with van der Waals surface area (Å²) < 4.78 is 0. The first-order chi connectivity index (χ1) is 10.0. The van der Waals surface area contributed by atoms with E-state index in [-0.39, 0.29) is 5.54 Å². The lowest BCUT2D eigenvalue weighted by atomic mass is 9.91. The van der Waals surface area contributed by atoms with Crippen LogP contribution in [0, 0.1) is 0 Å². The summed E-state index contributed by atoms with van der Waals surface area (Å²) in [5.74, 6) is 0. The van der Waals surface area contributed by atoms with Crippen molar-refractivity contribution in [3.8, 4) is 0 Å². The Morgan fingerprint density at radius 3 is 2.62 bits per heavy atom. The van der Waals surface area contributed by atoms with E-state index < -0.39 is 0 Å². The molecule has 21 heavy (non-hydrogen) atoms. The molecule has 0 aliphatic carbocycles. The highest BCUT2D eigenvalue weighted by Gasteiger charge is 2.32. The second-order valence-electron chi connectivity index (χ2n) is 6.08. The first-order valence-electron chi connectivity index (χ1n) is 7.95. The highest BCUT2D eigenvalue weighted by Crippen LogP contribution is 2.32. The lowest BCUT2D eigenvalue weighted by molar-refractivity contribution is 0.157. The second-order valence-corrected chi connectivity index (χ2v) is 6.92. The minimum atomic E-state index is 0.226. The van der Waals surface area contributed by atoms with Crippen LogP contribution >= 0.6 is 23.2 Å². The molecule has 1 heterocycles. The molecule has 1 aromatic carbocycles. The summed E-state index contributed by atoms with van der Waals surface area (Å²) in [5, 5.41) is 5.23. The van der Waals surface area contributed by atoms with Crippen LogP contribution in [-0.2, 0) is 0 Å². The fourth-order valence-electron chi connectivity index (χ4n) is 3.25. The summed E-state index contributed by atoms with van der Waals surface area (Å²) in [6.45, 7) is 10.1. The van der Waals surface area contributed by atoms with Crippen molar-refractivity contribution in [2.45, 2.75) is 51.6 Å². The Labute approximate surface area is 138 Å². The zero-order chi connectivity index (χ0) is 15.5. The van der Waals surface area contributed by atoms with Crippen LogP contribution in [0.4, 0.5) is 0 Å². The van der Waals surface area contributed by atoms with E-state index in [1.807, 2.05) is 12.1 Å². The predicted molar refractivity (Wildman–Crippen MR) is 92.4 cm³/mol. The van der Waals surface area contributed by atoms with Crippen LogP contribution in [0.15, 0.2) is 18.2 Å². The maximum Gasteiger partial charge on any atom is 0.0468 e. The number of nitrogens with one attached hydrogen (secondary N) is 1. The fraction of sp³-hybridized carbons (Fsp3) is 0.647. The van der Waals surface area contributed by atoms with E-state index in [1.165, 1.54) is 12.0 Å². The largest absolute Gasteiger partial charge is 0.310 e. The van der Waals surface area contributed by atoms with Gasteiger partial charge in [0, 0.05) is 34.7 Å². The molecule has 2 rings (SSSR count). The third-order valence-electron chi connectivity index (χ3n) is 4.94. The molecule has 2 nitrogen and oxygen atoms in total. The monoisotopic (exact) mass is 328 g/mol. The van der Waals surface area contributed by atoms with Gasteiger partial charge in [-0.15, -0.1) is 0 Å². The van der Waals surface area contributed by atoms with Crippen molar-refractivity contribution in [2.75, 3.05) is 19.6 Å². The molecule has 1 aliphatic rings. The average molecular weight is 329 g/mol. The molecule has 0 saturated carbocycles. The first-order valence-corrected chi connectivity index (χ1v) is 8.71. The van der Waals surface area contributed by atoms with Crippen LogP contribution in [0.3, 0.4) is 0 Å². The number of benzene rings is 1. The quantitative estimate of drug-likeness (QED) is 0.844. The first kappa shape index (κ1) is 17.1.